The molecule has 1 amide bonds. The monoisotopic (exact) mass is 444 g/mol. The van der Waals surface area contributed by atoms with E-state index in [1.807, 2.05) is 36.4 Å². The summed E-state index contributed by atoms with van der Waals surface area (Å²) in [5.74, 6) is 1.13. The molecule has 0 aliphatic heterocycles. The second-order valence-corrected chi connectivity index (χ2v) is 8.21. The molecule has 0 saturated carbocycles. The number of nitrogens with zero attached hydrogens (tertiary/aromatic N) is 1. The van der Waals surface area contributed by atoms with Crippen LogP contribution in [0, 0.1) is 6.92 Å². The fourth-order valence-corrected chi connectivity index (χ4v) is 4.14. The second-order valence-electron chi connectivity index (χ2n) is 7.36. The maximum Gasteiger partial charge on any atom is 0.265 e. The molecule has 1 unspecified atom stereocenters. The number of methoxy groups -OCH3 is 1. The zero-order chi connectivity index (χ0) is 22.5. The maximum atomic E-state index is 12.5. The molecule has 0 radical (unpaired) electrons. The summed E-state index contributed by atoms with van der Waals surface area (Å²) in [6, 6.07) is 23.0. The van der Waals surface area contributed by atoms with Gasteiger partial charge in [0.25, 0.3) is 5.91 Å². The number of carbonyl (C=O) groups is 1. The first-order valence-electron chi connectivity index (χ1n) is 10.3. The van der Waals surface area contributed by atoms with Crippen molar-refractivity contribution in [2.45, 2.75) is 20.0 Å². The van der Waals surface area contributed by atoms with E-state index in [4.69, 9.17) is 14.5 Å². The van der Waals surface area contributed by atoms with Crippen LogP contribution >= 0.6 is 11.3 Å². The Hall–Kier alpha value is -3.64. The molecule has 0 spiro atoms. The number of aromatic nitrogens is 1. The van der Waals surface area contributed by atoms with Gasteiger partial charge in [0, 0.05) is 22.2 Å². The molecule has 0 saturated heterocycles. The van der Waals surface area contributed by atoms with Crippen LogP contribution < -0.4 is 14.8 Å². The van der Waals surface area contributed by atoms with Crippen LogP contribution in [0.1, 0.15) is 12.5 Å². The Morgan fingerprint density at radius 3 is 2.34 bits per heavy atom. The molecule has 0 bridgehead atoms. The van der Waals surface area contributed by atoms with E-state index in [9.17, 15) is 4.79 Å². The molecule has 5 nitrogen and oxygen atoms in total. The van der Waals surface area contributed by atoms with Crippen LogP contribution in [0.15, 0.2) is 78.2 Å². The fourth-order valence-electron chi connectivity index (χ4n) is 3.22. The Morgan fingerprint density at radius 2 is 1.66 bits per heavy atom. The molecule has 4 aromatic rings. The highest BCUT2D eigenvalue weighted by Crippen LogP contribution is 2.31. The SMILES string of the molecule is COc1ccc(OC(C)C(=O)Nc2ccc(-c3csc(-c4ccccc4C)n3)cc2)cc1. The number of nitrogens with one attached hydrogen (secondary N) is 1. The molecule has 1 atom stereocenters. The van der Waals surface area contributed by atoms with E-state index in [2.05, 4.69) is 29.8 Å². The summed E-state index contributed by atoms with van der Waals surface area (Å²) in [6.07, 6.45) is -0.640. The van der Waals surface area contributed by atoms with Crippen LogP contribution in [0.3, 0.4) is 0 Å². The molecular formula is C26H24N2O3S. The molecule has 1 aromatic heterocycles. The van der Waals surface area contributed by atoms with Crippen molar-refractivity contribution in [2.24, 2.45) is 0 Å². The van der Waals surface area contributed by atoms with Gasteiger partial charge in [-0.05, 0) is 55.8 Å². The quantitative estimate of drug-likeness (QED) is 0.369. The van der Waals surface area contributed by atoms with Crippen molar-refractivity contribution in [1.82, 2.24) is 4.98 Å². The number of hydrogen-bond acceptors (Lipinski definition) is 5. The molecule has 0 fully saturated rings. The van der Waals surface area contributed by atoms with Crippen LogP contribution in [0.5, 0.6) is 11.5 Å². The smallest absolute Gasteiger partial charge is 0.265 e. The van der Waals surface area contributed by atoms with Gasteiger partial charge in [-0.25, -0.2) is 4.98 Å². The summed E-state index contributed by atoms with van der Waals surface area (Å²) >= 11 is 1.63. The van der Waals surface area contributed by atoms with Gasteiger partial charge in [-0.15, -0.1) is 11.3 Å². The summed E-state index contributed by atoms with van der Waals surface area (Å²) in [6.45, 7) is 3.81. The van der Waals surface area contributed by atoms with Crippen molar-refractivity contribution in [2.75, 3.05) is 12.4 Å². The Bertz CT molecular complexity index is 1200. The van der Waals surface area contributed by atoms with Gasteiger partial charge in [-0.3, -0.25) is 4.79 Å². The largest absolute Gasteiger partial charge is 0.497 e. The first-order valence-corrected chi connectivity index (χ1v) is 11.1. The van der Waals surface area contributed by atoms with E-state index < -0.39 is 6.10 Å². The van der Waals surface area contributed by atoms with Crippen molar-refractivity contribution in [3.63, 3.8) is 0 Å². The van der Waals surface area contributed by atoms with E-state index in [1.54, 1.807) is 49.6 Å². The number of aryl methyl sites for hydroxylation is 1. The molecule has 6 heteroatoms. The number of amides is 1. The first-order chi connectivity index (χ1) is 15.5. The number of rotatable bonds is 7. The highest BCUT2D eigenvalue weighted by Gasteiger charge is 2.15. The van der Waals surface area contributed by atoms with Gasteiger partial charge < -0.3 is 14.8 Å². The molecule has 1 heterocycles. The maximum absolute atomic E-state index is 12.5. The molecule has 3 aromatic carbocycles. The number of ether oxygens (including phenoxy) is 2. The molecular weight excluding hydrogens is 420 g/mol. The number of thiazole rings is 1. The van der Waals surface area contributed by atoms with Crippen LogP contribution in [0.2, 0.25) is 0 Å². The number of carbonyl (C=O) groups excluding carboxylic acids is 1. The van der Waals surface area contributed by atoms with Gasteiger partial charge in [0.2, 0.25) is 0 Å². The minimum absolute atomic E-state index is 0.218. The van der Waals surface area contributed by atoms with Crippen molar-refractivity contribution in [3.8, 4) is 33.3 Å². The van der Waals surface area contributed by atoms with Crippen molar-refractivity contribution in [3.05, 3.63) is 83.7 Å². The molecule has 0 aliphatic carbocycles. The zero-order valence-electron chi connectivity index (χ0n) is 18.2. The summed E-state index contributed by atoms with van der Waals surface area (Å²) in [4.78, 5) is 17.3. The number of hydrogen-bond donors (Lipinski definition) is 1. The lowest BCUT2D eigenvalue weighted by Crippen LogP contribution is -2.30. The van der Waals surface area contributed by atoms with Gasteiger partial charge in [0.15, 0.2) is 6.10 Å². The highest BCUT2D eigenvalue weighted by atomic mass is 32.1. The number of benzene rings is 3. The minimum atomic E-state index is -0.640. The third-order valence-corrected chi connectivity index (χ3v) is 5.94. The van der Waals surface area contributed by atoms with Crippen LogP contribution in [0.4, 0.5) is 5.69 Å². The van der Waals surface area contributed by atoms with Gasteiger partial charge in [-0.1, -0.05) is 36.4 Å². The van der Waals surface area contributed by atoms with E-state index in [1.165, 1.54) is 5.56 Å². The lowest BCUT2D eigenvalue weighted by atomic mass is 10.1. The van der Waals surface area contributed by atoms with Gasteiger partial charge in [0.1, 0.15) is 16.5 Å². The number of anilines is 1. The average molecular weight is 445 g/mol. The zero-order valence-corrected chi connectivity index (χ0v) is 19.0. The normalized spacial score (nSPS) is 11.6. The van der Waals surface area contributed by atoms with Crippen LogP contribution in [-0.2, 0) is 4.79 Å². The topological polar surface area (TPSA) is 60.5 Å². The Morgan fingerprint density at radius 1 is 0.969 bits per heavy atom. The first kappa shape index (κ1) is 21.6. The lowest BCUT2D eigenvalue weighted by molar-refractivity contribution is -0.122. The molecule has 0 aliphatic rings. The summed E-state index contributed by atoms with van der Waals surface area (Å²) in [5, 5.41) is 5.95. The fraction of sp³-hybridized carbons (Fsp3) is 0.154. The highest BCUT2D eigenvalue weighted by molar-refractivity contribution is 7.13. The predicted molar refractivity (Wildman–Crippen MR) is 129 cm³/mol. The average Bonchev–Trinajstić information content (AvgIpc) is 3.30. The van der Waals surface area contributed by atoms with E-state index in [0.29, 0.717) is 11.4 Å². The van der Waals surface area contributed by atoms with Crippen molar-refractivity contribution < 1.29 is 14.3 Å². The van der Waals surface area contributed by atoms with Gasteiger partial charge >= 0.3 is 0 Å². The van der Waals surface area contributed by atoms with Crippen LogP contribution in [0.25, 0.3) is 21.8 Å². The summed E-state index contributed by atoms with van der Waals surface area (Å²) in [5.41, 5.74) is 4.98. The van der Waals surface area contributed by atoms with Gasteiger partial charge in [0.05, 0.1) is 12.8 Å². The third kappa shape index (κ3) is 4.98. The standard InChI is InChI=1S/C26H24N2O3S/c1-17-6-4-5-7-23(17)26-28-24(16-32-26)19-8-10-20(11-9-19)27-25(29)18(2)31-22-14-12-21(30-3)13-15-22/h4-16,18H,1-3H3,(H,27,29). The van der Waals surface area contributed by atoms with Crippen LogP contribution in [-0.4, -0.2) is 24.1 Å². The Kier molecular flexibility index (Phi) is 6.52. The van der Waals surface area contributed by atoms with E-state index in [0.717, 1.165) is 27.6 Å². The molecule has 32 heavy (non-hydrogen) atoms. The minimum Gasteiger partial charge on any atom is -0.497 e. The molecule has 162 valence electrons. The lowest BCUT2D eigenvalue weighted by Gasteiger charge is -2.15. The van der Waals surface area contributed by atoms with E-state index >= 15 is 0 Å². The summed E-state index contributed by atoms with van der Waals surface area (Å²) < 4.78 is 10.9. The molecule has 4 rings (SSSR count). The predicted octanol–water partition coefficient (Wildman–Crippen LogP) is 6.20. The third-order valence-electron chi connectivity index (χ3n) is 5.07. The van der Waals surface area contributed by atoms with E-state index in [-0.39, 0.29) is 5.91 Å². The Balaban J connectivity index is 1.39. The molecule has 1 N–H and O–H groups in total. The second kappa shape index (κ2) is 9.66. The van der Waals surface area contributed by atoms with Crippen molar-refractivity contribution >= 4 is 22.9 Å². The van der Waals surface area contributed by atoms with Crippen molar-refractivity contribution in [1.29, 1.82) is 0 Å². The van der Waals surface area contributed by atoms with Gasteiger partial charge in [-0.2, -0.15) is 0 Å². The summed E-state index contributed by atoms with van der Waals surface area (Å²) in [7, 11) is 1.61. The Labute approximate surface area is 191 Å².